The Hall–Kier alpha value is -3.50. The van der Waals surface area contributed by atoms with Crippen LogP contribution in [-0.2, 0) is 26.2 Å². The number of alkyl halides is 3. The van der Waals surface area contributed by atoms with Crippen molar-refractivity contribution in [1.82, 2.24) is 19.4 Å². The van der Waals surface area contributed by atoms with Crippen molar-refractivity contribution in [2.75, 3.05) is 45.0 Å². The van der Waals surface area contributed by atoms with Gasteiger partial charge in [-0.1, -0.05) is 54.1 Å². The van der Waals surface area contributed by atoms with Crippen LogP contribution < -0.4 is 10.0 Å². The Morgan fingerprint density at radius 1 is 0.956 bits per heavy atom. The summed E-state index contributed by atoms with van der Waals surface area (Å²) in [5.74, 6) is -0.990. The molecule has 2 N–H and O–H groups in total. The van der Waals surface area contributed by atoms with Crippen LogP contribution >= 0.6 is 11.6 Å². The number of guanidine groups is 1. The van der Waals surface area contributed by atoms with E-state index in [0.717, 1.165) is 23.3 Å². The first kappa shape index (κ1) is 32.9. The molecule has 2 aliphatic heterocycles. The third kappa shape index (κ3) is 8.02. The lowest BCUT2D eigenvalue weighted by atomic mass is 9.91. The lowest BCUT2D eigenvalue weighted by molar-refractivity contribution is -0.137. The molecular formula is C29H30ClF3N6O4S2. The zero-order valence-corrected chi connectivity index (χ0v) is 26.2. The van der Waals surface area contributed by atoms with Gasteiger partial charge in [-0.15, -0.1) is 0 Å². The molecule has 3 aromatic rings. The molecule has 0 spiro atoms. The summed E-state index contributed by atoms with van der Waals surface area (Å²) >= 11 is 6.10. The smallest absolute Gasteiger partial charge is 0.314 e. The zero-order chi connectivity index (χ0) is 32.2. The lowest BCUT2D eigenvalue weighted by Crippen LogP contribution is -2.47. The van der Waals surface area contributed by atoms with Crippen LogP contribution in [0.4, 0.5) is 13.2 Å². The van der Waals surface area contributed by atoms with E-state index in [0.29, 0.717) is 49.0 Å². The molecule has 0 saturated carbocycles. The first-order valence-corrected chi connectivity index (χ1v) is 17.4. The van der Waals surface area contributed by atoms with Crippen molar-refractivity contribution in [1.29, 1.82) is 0 Å². The summed E-state index contributed by atoms with van der Waals surface area (Å²) < 4.78 is 95.8. The van der Waals surface area contributed by atoms with Crippen molar-refractivity contribution in [3.8, 4) is 0 Å². The van der Waals surface area contributed by atoms with Crippen molar-refractivity contribution in [3.63, 3.8) is 0 Å². The third-order valence-electron chi connectivity index (χ3n) is 7.30. The van der Waals surface area contributed by atoms with Gasteiger partial charge in [0.05, 0.1) is 35.0 Å². The zero-order valence-electron chi connectivity index (χ0n) is 23.8. The number of aliphatic imine (C=N–C) groups is 1. The number of rotatable bonds is 8. The highest BCUT2D eigenvalue weighted by molar-refractivity contribution is 7.90. The van der Waals surface area contributed by atoms with Gasteiger partial charge < -0.3 is 5.32 Å². The van der Waals surface area contributed by atoms with Crippen LogP contribution in [0.5, 0.6) is 0 Å². The highest BCUT2D eigenvalue weighted by Gasteiger charge is 2.34. The van der Waals surface area contributed by atoms with Gasteiger partial charge in [-0.25, -0.2) is 31.6 Å². The standard InChI is InChI=1S/C29H30ClF3N6O4S2/c30-24-10-6-22(7-11-24)27-26(21-4-2-1-3-5-21)20-39(36-27)28(35-16-19-44(40,41)38-17-14-34-15-18-38)37-45(42,43)25-12-8-23(9-13-25)29(31,32)33/h1-13,26,34H,14-20H2,(H,35,37)/t26-/m0/s1. The van der Waals surface area contributed by atoms with E-state index in [-0.39, 0.29) is 30.7 Å². The second-order valence-corrected chi connectivity index (χ2v) is 14.5. The normalized spacial score (nSPS) is 18.6. The monoisotopic (exact) mass is 682 g/mol. The Morgan fingerprint density at radius 2 is 1.60 bits per heavy atom. The topological polar surface area (TPSA) is 124 Å². The highest BCUT2D eigenvalue weighted by atomic mass is 35.5. The Balaban J connectivity index is 1.49. The fourth-order valence-corrected chi connectivity index (χ4v) is 7.42. The van der Waals surface area contributed by atoms with Crippen molar-refractivity contribution in [2.24, 2.45) is 10.1 Å². The number of nitrogens with one attached hydrogen (secondary N) is 2. The van der Waals surface area contributed by atoms with Crippen LogP contribution in [0.25, 0.3) is 0 Å². The van der Waals surface area contributed by atoms with Crippen LogP contribution in [0.3, 0.4) is 0 Å². The SMILES string of the molecule is O=S(=O)(NC(=NCCS(=O)(=O)N1CCNCC1)N1C[C@@H](c2ccccc2)C(c2ccc(Cl)cc2)=N1)c1ccc(C(F)(F)F)cc1. The van der Waals surface area contributed by atoms with E-state index in [1.165, 1.54) is 9.31 Å². The van der Waals surface area contributed by atoms with Crippen molar-refractivity contribution in [3.05, 3.63) is 101 Å². The van der Waals surface area contributed by atoms with E-state index in [1.54, 1.807) is 24.3 Å². The maximum atomic E-state index is 13.4. The van der Waals surface area contributed by atoms with Gasteiger partial charge in [0.15, 0.2) is 0 Å². The molecular weight excluding hydrogens is 653 g/mol. The van der Waals surface area contributed by atoms with Gasteiger partial charge in [0.2, 0.25) is 16.0 Å². The quantitative estimate of drug-likeness (QED) is 0.276. The predicted molar refractivity (Wildman–Crippen MR) is 166 cm³/mol. The number of hydrazone groups is 1. The summed E-state index contributed by atoms with van der Waals surface area (Å²) in [7, 11) is -8.15. The number of sulfonamides is 2. The molecule has 5 rings (SSSR count). The highest BCUT2D eigenvalue weighted by Crippen LogP contribution is 2.31. The maximum Gasteiger partial charge on any atom is 0.416 e. The number of halogens is 4. The summed E-state index contributed by atoms with van der Waals surface area (Å²) in [5, 5.41) is 9.65. The number of nitrogens with zero attached hydrogens (tertiary/aromatic N) is 4. The molecule has 0 radical (unpaired) electrons. The molecule has 16 heteroatoms. The Labute approximate surface area is 264 Å². The molecule has 10 nitrogen and oxygen atoms in total. The van der Waals surface area contributed by atoms with E-state index in [1.807, 2.05) is 30.3 Å². The second-order valence-electron chi connectivity index (χ2n) is 10.3. The molecule has 1 saturated heterocycles. The summed E-state index contributed by atoms with van der Waals surface area (Å²) in [5.41, 5.74) is 1.20. The first-order chi connectivity index (χ1) is 21.3. The molecule has 0 aliphatic carbocycles. The van der Waals surface area contributed by atoms with Crippen LogP contribution in [0.15, 0.2) is 93.9 Å². The molecule has 1 atom stereocenters. The van der Waals surface area contributed by atoms with Gasteiger partial charge in [-0.3, -0.25) is 0 Å². The van der Waals surface area contributed by atoms with Crippen LogP contribution in [-0.4, -0.2) is 82.8 Å². The van der Waals surface area contributed by atoms with Crippen LogP contribution in [0.1, 0.15) is 22.6 Å². The minimum atomic E-state index is -4.65. The molecule has 0 bridgehead atoms. The summed E-state index contributed by atoms with van der Waals surface area (Å²) in [6.45, 7) is 1.48. The van der Waals surface area contributed by atoms with Gasteiger partial charge >= 0.3 is 6.18 Å². The third-order valence-corrected chi connectivity index (χ3v) is 10.7. The van der Waals surface area contributed by atoms with Gasteiger partial charge in [0.1, 0.15) is 0 Å². The van der Waals surface area contributed by atoms with Gasteiger partial charge in [-0.05, 0) is 47.5 Å². The van der Waals surface area contributed by atoms with E-state index in [9.17, 15) is 30.0 Å². The molecule has 45 heavy (non-hydrogen) atoms. The van der Waals surface area contributed by atoms with Crippen molar-refractivity contribution < 1.29 is 30.0 Å². The predicted octanol–water partition coefficient (Wildman–Crippen LogP) is 3.73. The lowest BCUT2D eigenvalue weighted by Gasteiger charge is -2.26. The minimum Gasteiger partial charge on any atom is -0.314 e. The van der Waals surface area contributed by atoms with E-state index in [2.05, 4.69) is 15.0 Å². The minimum absolute atomic E-state index is 0.140. The second kappa shape index (κ2) is 13.5. The molecule has 240 valence electrons. The average Bonchev–Trinajstić information content (AvgIpc) is 3.47. The molecule has 0 unspecified atom stereocenters. The number of hydrogen-bond donors (Lipinski definition) is 2. The Bertz CT molecular complexity index is 1770. The van der Waals surface area contributed by atoms with E-state index < -0.39 is 36.7 Å². The number of benzene rings is 3. The Kier molecular flexibility index (Phi) is 9.84. The summed E-state index contributed by atoms with van der Waals surface area (Å²) in [4.78, 5) is 3.91. The van der Waals surface area contributed by atoms with Gasteiger partial charge in [0, 0.05) is 37.1 Å². The molecule has 2 aliphatic rings. The van der Waals surface area contributed by atoms with Crippen molar-refractivity contribution in [2.45, 2.75) is 17.0 Å². The van der Waals surface area contributed by atoms with E-state index in [4.69, 9.17) is 16.7 Å². The fraction of sp³-hybridized carbons (Fsp3) is 0.310. The largest absolute Gasteiger partial charge is 0.416 e. The van der Waals surface area contributed by atoms with E-state index >= 15 is 0 Å². The van der Waals surface area contributed by atoms with Crippen LogP contribution in [0.2, 0.25) is 5.02 Å². The van der Waals surface area contributed by atoms with Crippen LogP contribution in [0, 0.1) is 0 Å². The van der Waals surface area contributed by atoms with Crippen molar-refractivity contribution >= 4 is 43.3 Å². The molecule has 3 aromatic carbocycles. The van der Waals surface area contributed by atoms with Gasteiger partial charge in [-0.2, -0.15) is 22.6 Å². The number of hydrogen-bond acceptors (Lipinski definition) is 7. The molecule has 0 amide bonds. The van der Waals surface area contributed by atoms with Gasteiger partial charge in [0.25, 0.3) is 10.0 Å². The number of piperazine rings is 1. The molecule has 1 fully saturated rings. The average molecular weight is 683 g/mol. The summed E-state index contributed by atoms with van der Waals surface area (Å²) in [6.07, 6.45) is -4.65. The maximum absolute atomic E-state index is 13.4. The Morgan fingerprint density at radius 3 is 2.22 bits per heavy atom. The molecule has 0 aromatic heterocycles. The molecule has 2 heterocycles. The first-order valence-electron chi connectivity index (χ1n) is 13.9. The fourth-order valence-electron chi connectivity index (χ4n) is 4.95. The summed E-state index contributed by atoms with van der Waals surface area (Å²) in [6, 6.07) is 19.4.